The van der Waals surface area contributed by atoms with Gasteiger partial charge in [0.15, 0.2) is 0 Å². The normalized spacial score (nSPS) is 18.4. The number of β-amino-alcohol motifs (C(OH)–C–C–N with tert-alkyl or cyclic N) is 1. The molecule has 1 aliphatic rings. The summed E-state index contributed by atoms with van der Waals surface area (Å²) in [6, 6.07) is 1.99. The molecule has 0 saturated carbocycles. The summed E-state index contributed by atoms with van der Waals surface area (Å²) in [6.07, 6.45) is 1.68. The van der Waals surface area contributed by atoms with Crippen LogP contribution in [0.2, 0.25) is 0 Å². The van der Waals surface area contributed by atoms with Crippen LogP contribution in [0.4, 0.5) is 5.82 Å². The number of aliphatic hydroxyl groups is 1. The van der Waals surface area contributed by atoms with Gasteiger partial charge in [0.1, 0.15) is 5.82 Å². The molecule has 0 bridgehead atoms. The molecule has 0 radical (unpaired) electrons. The number of rotatable bonds is 5. The molecule has 1 aromatic rings. The molecule has 2 N–H and O–H groups in total. The van der Waals surface area contributed by atoms with Crippen LogP contribution in [0.15, 0.2) is 12.3 Å². The van der Waals surface area contributed by atoms with Crippen LogP contribution in [0.1, 0.15) is 33.7 Å². The van der Waals surface area contributed by atoms with Crippen molar-refractivity contribution in [3.05, 3.63) is 12.3 Å². The molecule has 0 spiro atoms. The third-order valence-corrected chi connectivity index (χ3v) is 3.86. The van der Waals surface area contributed by atoms with Crippen LogP contribution >= 0.6 is 0 Å². The zero-order valence-electron chi connectivity index (χ0n) is 12.6. The van der Waals surface area contributed by atoms with Gasteiger partial charge in [-0.1, -0.05) is 13.8 Å². The maximum absolute atomic E-state index is 12.0. The quantitative estimate of drug-likeness (QED) is 0.847. The average Bonchev–Trinajstić information content (AvgIpc) is 2.74. The van der Waals surface area contributed by atoms with E-state index in [1.54, 1.807) is 16.9 Å². The van der Waals surface area contributed by atoms with Crippen LogP contribution in [-0.4, -0.2) is 50.9 Å². The lowest BCUT2D eigenvalue weighted by atomic mass is 9.83. The Balaban J connectivity index is 1.84. The van der Waals surface area contributed by atoms with Gasteiger partial charge in [-0.05, 0) is 19.8 Å². The zero-order chi connectivity index (χ0) is 14.9. The number of carbonyl (C=O) groups is 1. The van der Waals surface area contributed by atoms with Gasteiger partial charge in [-0.3, -0.25) is 9.69 Å². The van der Waals surface area contributed by atoms with Gasteiger partial charge in [-0.2, -0.15) is 5.10 Å². The lowest BCUT2D eigenvalue weighted by Crippen LogP contribution is -2.65. The van der Waals surface area contributed by atoms with E-state index in [1.165, 1.54) is 0 Å². The zero-order valence-corrected chi connectivity index (χ0v) is 12.6. The standard InChI is InChI=1S/C14H24N4O2/c1-10(2)14(20)8-17(9-14)7-13(19)16-12-5-6-15-18(12)11(3)4/h5-6,10-11,20H,7-9H2,1-4H3,(H,16,19). The van der Waals surface area contributed by atoms with Crippen molar-refractivity contribution >= 4 is 11.7 Å². The second-order valence-electron chi connectivity index (χ2n) is 6.21. The summed E-state index contributed by atoms with van der Waals surface area (Å²) in [5, 5.41) is 17.2. The van der Waals surface area contributed by atoms with Crippen LogP contribution in [0, 0.1) is 5.92 Å². The fourth-order valence-corrected chi connectivity index (χ4v) is 2.42. The molecule has 6 heteroatoms. The number of nitrogens with one attached hydrogen (secondary N) is 1. The van der Waals surface area contributed by atoms with Crippen molar-refractivity contribution in [2.24, 2.45) is 5.92 Å². The summed E-state index contributed by atoms with van der Waals surface area (Å²) in [7, 11) is 0. The number of aromatic nitrogens is 2. The number of anilines is 1. The topological polar surface area (TPSA) is 70.4 Å². The average molecular weight is 280 g/mol. The van der Waals surface area contributed by atoms with Crippen molar-refractivity contribution in [1.82, 2.24) is 14.7 Å². The molecule has 6 nitrogen and oxygen atoms in total. The molecule has 1 fully saturated rings. The molecule has 1 amide bonds. The predicted octanol–water partition coefficient (Wildman–Crippen LogP) is 1.11. The van der Waals surface area contributed by atoms with Crippen molar-refractivity contribution in [2.75, 3.05) is 25.0 Å². The molecular formula is C14H24N4O2. The van der Waals surface area contributed by atoms with Crippen molar-refractivity contribution in [3.8, 4) is 0 Å². The first-order chi connectivity index (χ1) is 9.32. The molecular weight excluding hydrogens is 256 g/mol. The summed E-state index contributed by atoms with van der Waals surface area (Å²) in [5.74, 6) is 0.854. The second-order valence-corrected chi connectivity index (χ2v) is 6.21. The van der Waals surface area contributed by atoms with Crippen LogP contribution in [0.5, 0.6) is 0 Å². The molecule has 0 aliphatic carbocycles. The number of nitrogens with zero attached hydrogens (tertiary/aromatic N) is 3. The van der Waals surface area contributed by atoms with Gasteiger partial charge in [0.25, 0.3) is 0 Å². The molecule has 20 heavy (non-hydrogen) atoms. The number of carbonyl (C=O) groups excluding carboxylic acids is 1. The molecule has 2 heterocycles. The number of hydrogen-bond acceptors (Lipinski definition) is 4. The van der Waals surface area contributed by atoms with Crippen LogP contribution < -0.4 is 5.32 Å². The van der Waals surface area contributed by atoms with E-state index in [0.29, 0.717) is 25.5 Å². The Kier molecular flexibility index (Phi) is 4.15. The monoisotopic (exact) mass is 280 g/mol. The SMILES string of the molecule is CC(C)n1nccc1NC(=O)CN1CC(O)(C(C)C)C1. The van der Waals surface area contributed by atoms with E-state index in [4.69, 9.17) is 0 Å². The smallest absolute Gasteiger partial charge is 0.239 e. The summed E-state index contributed by atoms with van der Waals surface area (Å²) < 4.78 is 1.78. The third-order valence-electron chi connectivity index (χ3n) is 3.86. The van der Waals surface area contributed by atoms with Gasteiger partial charge >= 0.3 is 0 Å². The van der Waals surface area contributed by atoms with Gasteiger partial charge in [0.05, 0.1) is 18.3 Å². The first-order valence-corrected chi connectivity index (χ1v) is 7.10. The van der Waals surface area contributed by atoms with Gasteiger partial charge in [-0.15, -0.1) is 0 Å². The van der Waals surface area contributed by atoms with E-state index in [0.717, 1.165) is 0 Å². The minimum Gasteiger partial charge on any atom is -0.387 e. The molecule has 1 aliphatic heterocycles. The van der Waals surface area contributed by atoms with Gasteiger partial charge in [-0.25, -0.2) is 4.68 Å². The highest BCUT2D eigenvalue weighted by molar-refractivity contribution is 5.91. The lowest BCUT2D eigenvalue weighted by Gasteiger charge is -2.48. The Morgan fingerprint density at radius 2 is 2.10 bits per heavy atom. The largest absolute Gasteiger partial charge is 0.387 e. The van der Waals surface area contributed by atoms with Crippen molar-refractivity contribution in [3.63, 3.8) is 0 Å². The maximum Gasteiger partial charge on any atom is 0.239 e. The third kappa shape index (κ3) is 3.02. The molecule has 2 rings (SSSR count). The summed E-state index contributed by atoms with van der Waals surface area (Å²) in [4.78, 5) is 13.9. The van der Waals surface area contributed by atoms with Crippen LogP contribution in [-0.2, 0) is 4.79 Å². The summed E-state index contributed by atoms with van der Waals surface area (Å²) in [5.41, 5.74) is -0.639. The first-order valence-electron chi connectivity index (χ1n) is 7.10. The van der Waals surface area contributed by atoms with E-state index >= 15 is 0 Å². The molecule has 1 aromatic heterocycles. The van der Waals surface area contributed by atoms with Gasteiger partial charge in [0.2, 0.25) is 5.91 Å². The minimum absolute atomic E-state index is 0.0711. The molecule has 0 aromatic carbocycles. The highest BCUT2D eigenvalue weighted by Crippen LogP contribution is 2.28. The molecule has 1 saturated heterocycles. The van der Waals surface area contributed by atoms with E-state index < -0.39 is 5.60 Å². The Morgan fingerprint density at radius 3 is 2.65 bits per heavy atom. The lowest BCUT2D eigenvalue weighted by molar-refractivity contribution is -0.139. The van der Waals surface area contributed by atoms with Crippen LogP contribution in [0.3, 0.4) is 0 Å². The second kappa shape index (κ2) is 5.54. The van der Waals surface area contributed by atoms with Crippen LogP contribution in [0.25, 0.3) is 0 Å². The molecule has 112 valence electrons. The predicted molar refractivity (Wildman–Crippen MR) is 77.5 cm³/mol. The van der Waals surface area contributed by atoms with E-state index in [-0.39, 0.29) is 17.9 Å². The first kappa shape index (κ1) is 15.0. The Labute approximate surface area is 119 Å². The van der Waals surface area contributed by atoms with Crippen molar-refractivity contribution in [2.45, 2.75) is 39.3 Å². The van der Waals surface area contributed by atoms with Gasteiger partial charge < -0.3 is 10.4 Å². The summed E-state index contributed by atoms with van der Waals surface area (Å²) >= 11 is 0. The van der Waals surface area contributed by atoms with E-state index in [2.05, 4.69) is 10.4 Å². The number of amides is 1. The van der Waals surface area contributed by atoms with Crippen molar-refractivity contribution in [1.29, 1.82) is 0 Å². The highest BCUT2D eigenvalue weighted by atomic mass is 16.3. The summed E-state index contributed by atoms with van der Waals surface area (Å²) in [6.45, 7) is 9.44. The van der Waals surface area contributed by atoms with E-state index in [9.17, 15) is 9.90 Å². The Morgan fingerprint density at radius 1 is 1.45 bits per heavy atom. The minimum atomic E-state index is -0.639. The fourth-order valence-electron chi connectivity index (χ4n) is 2.42. The molecule has 0 unspecified atom stereocenters. The highest BCUT2D eigenvalue weighted by Gasteiger charge is 2.43. The van der Waals surface area contributed by atoms with E-state index in [1.807, 2.05) is 32.6 Å². The number of hydrogen-bond donors (Lipinski definition) is 2. The van der Waals surface area contributed by atoms with Crippen molar-refractivity contribution < 1.29 is 9.90 Å². The molecule has 0 atom stereocenters. The Bertz CT molecular complexity index is 475. The number of likely N-dealkylation sites (tertiary alicyclic amines) is 1. The fraction of sp³-hybridized carbons (Fsp3) is 0.714. The van der Waals surface area contributed by atoms with Gasteiger partial charge in [0, 0.05) is 25.2 Å². The maximum atomic E-state index is 12.0. The Hall–Kier alpha value is -1.40.